The standard InChI is InChI=1S/C9H11N3O/c1-4-7(2)13-8-5-6-11-9(10-3)12-8/h1,5-7H,2-3H3,(H,10,11,12). The summed E-state index contributed by atoms with van der Waals surface area (Å²) in [4.78, 5) is 7.98. The maximum Gasteiger partial charge on any atom is 0.225 e. The van der Waals surface area contributed by atoms with Gasteiger partial charge >= 0.3 is 0 Å². The number of terminal acetylenes is 1. The third kappa shape index (κ3) is 2.64. The van der Waals surface area contributed by atoms with Crippen LogP contribution in [0, 0.1) is 12.3 Å². The molecule has 0 radical (unpaired) electrons. The molecule has 4 heteroatoms. The molecule has 0 saturated carbocycles. The highest BCUT2D eigenvalue weighted by molar-refractivity contribution is 5.26. The van der Waals surface area contributed by atoms with Crippen molar-refractivity contribution in [1.29, 1.82) is 0 Å². The zero-order valence-corrected chi connectivity index (χ0v) is 7.61. The Kier molecular flexibility index (Phi) is 3.09. The zero-order valence-electron chi connectivity index (χ0n) is 7.61. The topological polar surface area (TPSA) is 47.0 Å². The molecule has 0 spiro atoms. The van der Waals surface area contributed by atoms with Crippen molar-refractivity contribution in [3.63, 3.8) is 0 Å². The van der Waals surface area contributed by atoms with Crippen LogP contribution in [0.15, 0.2) is 12.3 Å². The molecule has 1 heterocycles. The Hall–Kier alpha value is -1.76. The molecule has 0 fully saturated rings. The molecule has 1 atom stereocenters. The van der Waals surface area contributed by atoms with Crippen molar-refractivity contribution in [1.82, 2.24) is 9.97 Å². The fraction of sp³-hybridized carbons (Fsp3) is 0.333. The molecule has 1 rings (SSSR count). The van der Waals surface area contributed by atoms with Crippen molar-refractivity contribution in [2.75, 3.05) is 12.4 Å². The van der Waals surface area contributed by atoms with Crippen LogP contribution in [0.25, 0.3) is 0 Å². The third-order valence-electron chi connectivity index (χ3n) is 1.39. The quantitative estimate of drug-likeness (QED) is 0.697. The summed E-state index contributed by atoms with van der Waals surface area (Å²) < 4.78 is 5.28. The number of ether oxygens (including phenoxy) is 1. The van der Waals surface area contributed by atoms with Gasteiger partial charge in [0.1, 0.15) is 0 Å². The molecule has 0 aliphatic heterocycles. The molecule has 0 aromatic carbocycles. The predicted octanol–water partition coefficient (Wildman–Crippen LogP) is 0.919. The van der Waals surface area contributed by atoms with Crippen molar-refractivity contribution >= 4 is 5.95 Å². The van der Waals surface area contributed by atoms with Gasteiger partial charge in [-0.15, -0.1) is 6.42 Å². The highest BCUT2D eigenvalue weighted by Crippen LogP contribution is 2.09. The fourth-order valence-electron chi connectivity index (χ4n) is 0.743. The Morgan fingerprint density at radius 1 is 1.69 bits per heavy atom. The molecule has 0 saturated heterocycles. The lowest BCUT2D eigenvalue weighted by Crippen LogP contribution is -2.10. The van der Waals surface area contributed by atoms with E-state index in [-0.39, 0.29) is 6.10 Å². The maximum atomic E-state index is 5.28. The summed E-state index contributed by atoms with van der Waals surface area (Å²) in [6, 6.07) is 1.66. The smallest absolute Gasteiger partial charge is 0.225 e. The minimum atomic E-state index is -0.278. The summed E-state index contributed by atoms with van der Waals surface area (Å²) >= 11 is 0. The molecule has 1 aromatic heterocycles. The van der Waals surface area contributed by atoms with E-state index in [2.05, 4.69) is 21.2 Å². The van der Waals surface area contributed by atoms with Crippen LogP contribution in [0.5, 0.6) is 5.88 Å². The van der Waals surface area contributed by atoms with Crippen LogP contribution in [0.4, 0.5) is 5.95 Å². The minimum absolute atomic E-state index is 0.278. The number of rotatable bonds is 3. The SMILES string of the molecule is C#CC(C)Oc1ccnc(NC)n1. The maximum absolute atomic E-state index is 5.28. The fourth-order valence-corrected chi connectivity index (χ4v) is 0.743. The van der Waals surface area contributed by atoms with Gasteiger partial charge in [-0.2, -0.15) is 4.98 Å². The molecule has 0 amide bonds. The van der Waals surface area contributed by atoms with E-state index in [1.165, 1.54) is 0 Å². The minimum Gasteiger partial charge on any atom is -0.461 e. The average molecular weight is 177 g/mol. The molecule has 1 unspecified atom stereocenters. The van der Waals surface area contributed by atoms with Gasteiger partial charge < -0.3 is 10.1 Å². The second kappa shape index (κ2) is 4.31. The van der Waals surface area contributed by atoms with Gasteiger partial charge in [0.25, 0.3) is 0 Å². The molecule has 1 aromatic rings. The van der Waals surface area contributed by atoms with Crippen molar-refractivity contribution in [3.05, 3.63) is 12.3 Å². The number of hydrogen-bond donors (Lipinski definition) is 1. The van der Waals surface area contributed by atoms with Crippen LogP contribution >= 0.6 is 0 Å². The van der Waals surface area contributed by atoms with Gasteiger partial charge in [-0.05, 0) is 6.92 Å². The van der Waals surface area contributed by atoms with E-state index < -0.39 is 0 Å². The largest absolute Gasteiger partial charge is 0.461 e. The Morgan fingerprint density at radius 2 is 2.46 bits per heavy atom. The number of hydrogen-bond acceptors (Lipinski definition) is 4. The van der Waals surface area contributed by atoms with Gasteiger partial charge in [-0.1, -0.05) is 5.92 Å². The Balaban J connectivity index is 2.73. The van der Waals surface area contributed by atoms with Gasteiger partial charge in [-0.25, -0.2) is 4.98 Å². The highest BCUT2D eigenvalue weighted by atomic mass is 16.5. The normalized spacial score (nSPS) is 11.5. The molecule has 13 heavy (non-hydrogen) atoms. The number of aromatic nitrogens is 2. The summed E-state index contributed by atoms with van der Waals surface area (Å²) in [7, 11) is 1.74. The molecule has 1 N–H and O–H groups in total. The van der Waals surface area contributed by atoms with Crippen molar-refractivity contribution in [2.24, 2.45) is 0 Å². The summed E-state index contributed by atoms with van der Waals surface area (Å²) in [6.07, 6.45) is 6.49. The zero-order chi connectivity index (χ0) is 9.68. The average Bonchev–Trinajstić information content (AvgIpc) is 2.18. The Labute approximate surface area is 77.4 Å². The summed E-state index contributed by atoms with van der Waals surface area (Å²) in [5, 5.41) is 2.80. The first-order chi connectivity index (χ1) is 6.26. The highest BCUT2D eigenvalue weighted by Gasteiger charge is 2.01. The summed E-state index contributed by atoms with van der Waals surface area (Å²) in [6.45, 7) is 1.78. The molecule has 0 aliphatic carbocycles. The lowest BCUT2D eigenvalue weighted by Gasteiger charge is -2.07. The first kappa shape index (κ1) is 9.33. The van der Waals surface area contributed by atoms with Crippen LogP contribution in [-0.2, 0) is 0 Å². The second-order valence-electron chi connectivity index (χ2n) is 2.40. The van der Waals surface area contributed by atoms with E-state index in [4.69, 9.17) is 11.2 Å². The molecule has 4 nitrogen and oxygen atoms in total. The molecule has 68 valence electrons. The van der Waals surface area contributed by atoms with Gasteiger partial charge in [0.15, 0.2) is 6.10 Å². The van der Waals surface area contributed by atoms with E-state index in [9.17, 15) is 0 Å². The predicted molar refractivity (Wildman–Crippen MR) is 50.5 cm³/mol. The number of nitrogens with zero attached hydrogens (tertiary/aromatic N) is 2. The van der Waals surface area contributed by atoms with Crippen LogP contribution < -0.4 is 10.1 Å². The van der Waals surface area contributed by atoms with E-state index in [1.807, 2.05) is 0 Å². The number of anilines is 1. The first-order valence-corrected chi connectivity index (χ1v) is 3.90. The van der Waals surface area contributed by atoms with Crippen molar-refractivity contribution < 1.29 is 4.74 Å². The Bertz CT molecular complexity index is 319. The van der Waals surface area contributed by atoms with Crippen molar-refractivity contribution in [2.45, 2.75) is 13.0 Å². The van der Waals surface area contributed by atoms with Gasteiger partial charge in [0.05, 0.1) is 0 Å². The van der Waals surface area contributed by atoms with Crippen LogP contribution in [0.1, 0.15) is 6.92 Å². The lowest BCUT2D eigenvalue weighted by atomic mass is 10.4. The van der Waals surface area contributed by atoms with E-state index in [0.717, 1.165) is 0 Å². The molecular formula is C9H11N3O. The van der Waals surface area contributed by atoms with Crippen LogP contribution in [0.3, 0.4) is 0 Å². The van der Waals surface area contributed by atoms with Crippen molar-refractivity contribution in [3.8, 4) is 18.2 Å². The first-order valence-electron chi connectivity index (χ1n) is 3.90. The monoisotopic (exact) mass is 177 g/mol. The molecular weight excluding hydrogens is 166 g/mol. The third-order valence-corrected chi connectivity index (χ3v) is 1.39. The van der Waals surface area contributed by atoms with Gasteiger partial charge in [0, 0.05) is 19.3 Å². The van der Waals surface area contributed by atoms with E-state index in [0.29, 0.717) is 11.8 Å². The Morgan fingerprint density at radius 3 is 3.08 bits per heavy atom. The number of nitrogens with one attached hydrogen (secondary N) is 1. The lowest BCUT2D eigenvalue weighted by molar-refractivity contribution is 0.268. The second-order valence-corrected chi connectivity index (χ2v) is 2.40. The summed E-state index contributed by atoms with van der Waals surface area (Å²) in [5.41, 5.74) is 0. The molecule has 0 aliphatic rings. The summed E-state index contributed by atoms with van der Waals surface area (Å²) in [5.74, 6) is 3.44. The van der Waals surface area contributed by atoms with Gasteiger partial charge in [0.2, 0.25) is 11.8 Å². The molecule has 0 bridgehead atoms. The van der Waals surface area contributed by atoms with E-state index in [1.54, 1.807) is 26.2 Å². The van der Waals surface area contributed by atoms with E-state index >= 15 is 0 Å². The van der Waals surface area contributed by atoms with Gasteiger partial charge in [-0.3, -0.25) is 0 Å². The van der Waals surface area contributed by atoms with Crippen LogP contribution in [-0.4, -0.2) is 23.1 Å². The van der Waals surface area contributed by atoms with Crippen LogP contribution in [0.2, 0.25) is 0 Å².